The van der Waals surface area contributed by atoms with E-state index in [-0.39, 0.29) is 11.9 Å². The summed E-state index contributed by atoms with van der Waals surface area (Å²) in [6.45, 7) is 9.38. The second-order valence-electron chi connectivity index (χ2n) is 7.22. The third-order valence-electron chi connectivity index (χ3n) is 4.79. The zero-order chi connectivity index (χ0) is 15.2. The predicted octanol–water partition coefficient (Wildman–Crippen LogP) is 2.14. The second kappa shape index (κ2) is 8.14. The average molecular weight is 295 g/mol. The normalized spacial score (nSPS) is 25.0. The van der Waals surface area contributed by atoms with Crippen LogP contribution in [-0.2, 0) is 4.79 Å². The SMILES string of the molecule is CC(C)CCNC(=O)C(C)N1CCCCC1CNC1CC1. The van der Waals surface area contributed by atoms with Crippen LogP contribution in [0.2, 0.25) is 0 Å². The quantitative estimate of drug-likeness (QED) is 0.721. The highest BCUT2D eigenvalue weighted by molar-refractivity contribution is 5.81. The van der Waals surface area contributed by atoms with Gasteiger partial charge in [-0.2, -0.15) is 0 Å². The van der Waals surface area contributed by atoms with Crippen molar-refractivity contribution in [3.05, 3.63) is 0 Å². The van der Waals surface area contributed by atoms with Gasteiger partial charge in [0.05, 0.1) is 6.04 Å². The summed E-state index contributed by atoms with van der Waals surface area (Å²) in [6.07, 6.45) is 7.48. The van der Waals surface area contributed by atoms with Gasteiger partial charge in [0.25, 0.3) is 0 Å². The summed E-state index contributed by atoms with van der Waals surface area (Å²) >= 11 is 0. The van der Waals surface area contributed by atoms with Crippen molar-refractivity contribution in [1.29, 1.82) is 0 Å². The van der Waals surface area contributed by atoms with E-state index in [2.05, 4.69) is 36.3 Å². The largest absolute Gasteiger partial charge is 0.355 e. The van der Waals surface area contributed by atoms with E-state index in [1.54, 1.807) is 0 Å². The first kappa shape index (κ1) is 16.8. The summed E-state index contributed by atoms with van der Waals surface area (Å²) in [5.41, 5.74) is 0. The van der Waals surface area contributed by atoms with Crippen LogP contribution in [0.1, 0.15) is 59.3 Å². The van der Waals surface area contributed by atoms with Crippen molar-refractivity contribution in [1.82, 2.24) is 15.5 Å². The maximum absolute atomic E-state index is 12.3. The molecule has 1 amide bonds. The summed E-state index contributed by atoms with van der Waals surface area (Å²) in [6, 6.07) is 1.29. The Labute approximate surface area is 130 Å². The number of likely N-dealkylation sites (tertiary alicyclic amines) is 1. The zero-order valence-corrected chi connectivity index (χ0v) is 14.0. The van der Waals surface area contributed by atoms with Crippen LogP contribution in [0.15, 0.2) is 0 Å². The minimum absolute atomic E-state index is 0.00321. The number of hydrogen-bond acceptors (Lipinski definition) is 3. The fraction of sp³-hybridized carbons (Fsp3) is 0.941. The van der Waals surface area contributed by atoms with E-state index in [9.17, 15) is 4.79 Å². The van der Waals surface area contributed by atoms with E-state index in [1.165, 1.54) is 32.1 Å². The molecule has 0 radical (unpaired) electrons. The molecule has 2 N–H and O–H groups in total. The molecule has 2 aliphatic rings. The highest BCUT2D eigenvalue weighted by atomic mass is 16.2. The van der Waals surface area contributed by atoms with Crippen LogP contribution < -0.4 is 10.6 Å². The van der Waals surface area contributed by atoms with E-state index in [4.69, 9.17) is 0 Å². The topological polar surface area (TPSA) is 44.4 Å². The van der Waals surface area contributed by atoms with Crippen molar-refractivity contribution >= 4 is 5.91 Å². The van der Waals surface area contributed by atoms with E-state index in [0.29, 0.717) is 12.0 Å². The Morgan fingerprint density at radius 2 is 1.95 bits per heavy atom. The maximum Gasteiger partial charge on any atom is 0.237 e. The van der Waals surface area contributed by atoms with Crippen LogP contribution in [0, 0.1) is 5.92 Å². The summed E-state index contributed by atoms with van der Waals surface area (Å²) in [5, 5.41) is 6.74. The van der Waals surface area contributed by atoms with Gasteiger partial charge < -0.3 is 10.6 Å². The number of nitrogens with zero attached hydrogens (tertiary/aromatic N) is 1. The Morgan fingerprint density at radius 3 is 2.62 bits per heavy atom. The van der Waals surface area contributed by atoms with Crippen LogP contribution in [-0.4, -0.2) is 48.6 Å². The third kappa shape index (κ3) is 5.59. The molecule has 4 nitrogen and oxygen atoms in total. The van der Waals surface area contributed by atoms with Gasteiger partial charge in [0, 0.05) is 25.2 Å². The molecule has 0 aromatic heterocycles. The Balaban J connectivity index is 1.78. The average Bonchev–Trinajstić information content (AvgIpc) is 3.28. The van der Waals surface area contributed by atoms with Crippen LogP contribution in [0.4, 0.5) is 0 Å². The number of amides is 1. The highest BCUT2D eigenvalue weighted by Crippen LogP contribution is 2.22. The summed E-state index contributed by atoms with van der Waals surface area (Å²) in [5.74, 6) is 0.847. The molecular formula is C17H33N3O. The molecule has 0 aromatic rings. The fourth-order valence-electron chi connectivity index (χ4n) is 3.12. The number of rotatable bonds is 8. The zero-order valence-electron chi connectivity index (χ0n) is 14.0. The van der Waals surface area contributed by atoms with Gasteiger partial charge in [-0.3, -0.25) is 9.69 Å². The molecule has 1 aliphatic heterocycles. The Bertz CT molecular complexity index is 328. The molecule has 1 heterocycles. The molecule has 1 saturated heterocycles. The molecule has 21 heavy (non-hydrogen) atoms. The van der Waals surface area contributed by atoms with Crippen LogP contribution >= 0.6 is 0 Å². The lowest BCUT2D eigenvalue weighted by molar-refractivity contribution is -0.127. The van der Waals surface area contributed by atoms with Crippen molar-refractivity contribution in [2.75, 3.05) is 19.6 Å². The Morgan fingerprint density at radius 1 is 1.19 bits per heavy atom. The summed E-state index contributed by atoms with van der Waals surface area (Å²) < 4.78 is 0. The first-order valence-electron chi connectivity index (χ1n) is 8.84. The maximum atomic E-state index is 12.3. The van der Waals surface area contributed by atoms with E-state index >= 15 is 0 Å². The van der Waals surface area contributed by atoms with Crippen molar-refractivity contribution < 1.29 is 4.79 Å². The molecule has 2 atom stereocenters. The lowest BCUT2D eigenvalue weighted by Crippen LogP contribution is -2.54. The number of hydrogen-bond donors (Lipinski definition) is 2. The molecule has 4 heteroatoms. The number of piperidine rings is 1. The van der Waals surface area contributed by atoms with Crippen molar-refractivity contribution in [3.8, 4) is 0 Å². The third-order valence-corrected chi connectivity index (χ3v) is 4.79. The molecule has 0 spiro atoms. The Kier molecular flexibility index (Phi) is 6.49. The Hall–Kier alpha value is -0.610. The smallest absolute Gasteiger partial charge is 0.237 e. The minimum Gasteiger partial charge on any atom is -0.355 e. The molecule has 2 rings (SSSR count). The lowest BCUT2D eigenvalue weighted by Gasteiger charge is -2.39. The van der Waals surface area contributed by atoms with Gasteiger partial charge in [-0.05, 0) is 51.5 Å². The minimum atomic E-state index is 0.00321. The van der Waals surface area contributed by atoms with Gasteiger partial charge in [0.15, 0.2) is 0 Å². The molecule has 2 fully saturated rings. The van der Waals surface area contributed by atoms with Crippen molar-refractivity contribution in [2.24, 2.45) is 5.92 Å². The van der Waals surface area contributed by atoms with E-state index < -0.39 is 0 Å². The van der Waals surface area contributed by atoms with E-state index in [0.717, 1.165) is 32.1 Å². The number of carbonyl (C=O) groups excluding carboxylic acids is 1. The van der Waals surface area contributed by atoms with E-state index in [1.807, 2.05) is 0 Å². The van der Waals surface area contributed by atoms with Gasteiger partial charge in [-0.25, -0.2) is 0 Å². The molecule has 0 bridgehead atoms. The van der Waals surface area contributed by atoms with Crippen molar-refractivity contribution in [3.63, 3.8) is 0 Å². The van der Waals surface area contributed by atoms with Gasteiger partial charge in [0.1, 0.15) is 0 Å². The van der Waals surface area contributed by atoms with Crippen LogP contribution in [0.5, 0.6) is 0 Å². The van der Waals surface area contributed by atoms with Gasteiger partial charge >= 0.3 is 0 Å². The van der Waals surface area contributed by atoms with Crippen LogP contribution in [0.25, 0.3) is 0 Å². The van der Waals surface area contributed by atoms with Gasteiger partial charge in [-0.1, -0.05) is 20.3 Å². The molecule has 122 valence electrons. The first-order valence-corrected chi connectivity index (χ1v) is 8.84. The molecule has 0 aromatic carbocycles. The fourth-order valence-corrected chi connectivity index (χ4v) is 3.12. The summed E-state index contributed by atoms with van der Waals surface area (Å²) in [4.78, 5) is 14.8. The van der Waals surface area contributed by atoms with Crippen LogP contribution in [0.3, 0.4) is 0 Å². The molecular weight excluding hydrogens is 262 g/mol. The monoisotopic (exact) mass is 295 g/mol. The van der Waals surface area contributed by atoms with Gasteiger partial charge in [0.2, 0.25) is 5.91 Å². The summed E-state index contributed by atoms with van der Waals surface area (Å²) in [7, 11) is 0. The standard InChI is InChI=1S/C17H33N3O/c1-13(2)9-10-18-17(21)14(3)20-11-5-4-6-16(20)12-19-15-7-8-15/h13-16,19H,4-12H2,1-3H3,(H,18,21). The second-order valence-corrected chi connectivity index (χ2v) is 7.22. The predicted molar refractivity (Wildman–Crippen MR) is 87.3 cm³/mol. The number of nitrogens with one attached hydrogen (secondary N) is 2. The first-order chi connectivity index (χ1) is 10.1. The van der Waals surface area contributed by atoms with Crippen molar-refractivity contribution in [2.45, 2.75) is 77.4 Å². The highest BCUT2D eigenvalue weighted by Gasteiger charge is 2.31. The molecule has 1 aliphatic carbocycles. The van der Waals surface area contributed by atoms with Gasteiger partial charge in [-0.15, -0.1) is 0 Å². The molecule has 1 saturated carbocycles. The molecule has 2 unspecified atom stereocenters. The number of carbonyl (C=O) groups is 1. The lowest BCUT2D eigenvalue weighted by atomic mass is 9.99.